The monoisotopic (exact) mass is 200 g/mol. The van der Waals surface area contributed by atoms with Crippen molar-refractivity contribution in [2.45, 2.75) is 6.43 Å². The maximum absolute atomic E-state index is 12.6. The van der Waals surface area contributed by atoms with Crippen LogP contribution in [-0.2, 0) is 0 Å². The van der Waals surface area contributed by atoms with Crippen molar-refractivity contribution in [1.29, 1.82) is 5.26 Å². The lowest BCUT2D eigenvalue weighted by molar-refractivity contribution is 0.110. The van der Waals surface area contributed by atoms with Gasteiger partial charge < -0.3 is 0 Å². The Morgan fingerprint density at radius 1 is 1.57 bits per heavy atom. The predicted molar refractivity (Wildman–Crippen MR) is 39.3 cm³/mol. The first-order valence-corrected chi connectivity index (χ1v) is 3.44. The maximum atomic E-state index is 12.6. The highest BCUT2D eigenvalue weighted by Gasteiger charge is 2.19. The molecule has 0 aromatic carbocycles. The fraction of sp³-hybridized carbons (Fsp3) is 0.125. The van der Waals surface area contributed by atoms with Crippen LogP contribution in [0.2, 0.25) is 0 Å². The van der Waals surface area contributed by atoms with Crippen LogP contribution in [0.3, 0.4) is 0 Å². The molecule has 72 valence electrons. The number of hydrogen-bond donors (Lipinski definition) is 0. The molecule has 0 aliphatic heterocycles. The molecule has 3 nitrogen and oxygen atoms in total. The van der Waals surface area contributed by atoms with E-state index < -0.39 is 29.2 Å². The molecule has 1 heterocycles. The number of hydrogen-bond acceptors (Lipinski definition) is 3. The van der Waals surface area contributed by atoms with E-state index in [0.717, 1.165) is 0 Å². The Morgan fingerprint density at radius 3 is 2.64 bits per heavy atom. The third-order valence-corrected chi connectivity index (χ3v) is 1.50. The van der Waals surface area contributed by atoms with Crippen molar-refractivity contribution in [3.05, 3.63) is 28.8 Å². The molecular weight excluding hydrogens is 197 g/mol. The van der Waals surface area contributed by atoms with E-state index in [0.29, 0.717) is 6.07 Å². The molecule has 0 saturated heterocycles. The summed E-state index contributed by atoms with van der Waals surface area (Å²) in [5.41, 5.74) is -2.01. The fourth-order valence-corrected chi connectivity index (χ4v) is 0.925. The normalized spacial score (nSPS) is 9.93. The van der Waals surface area contributed by atoms with Crippen LogP contribution in [0.1, 0.15) is 28.0 Å². The zero-order valence-corrected chi connectivity index (χ0v) is 6.67. The Labute approximate surface area is 76.8 Å². The predicted octanol–water partition coefficient (Wildman–Crippen LogP) is 1.84. The largest absolute Gasteiger partial charge is 0.298 e. The van der Waals surface area contributed by atoms with Crippen molar-refractivity contribution in [3.8, 4) is 6.07 Å². The molecule has 0 unspecified atom stereocenters. The summed E-state index contributed by atoms with van der Waals surface area (Å²) in [6.45, 7) is 0. The minimum Gasteiger partial charge on any atom is -0.298 e. The minimum atomic E-state index is -3.09. The zero-order chi connectivity index (χ0) is 10.7. The van der Waals surface area contributed by atoms with Gasteiger partial charge in [-0.05, 0) is 0 Å². The van der Waals surface area contributed by atoms with Crippen molar-refractivity contribution < 1.29 is 18.0 Å². The number of nitrogens with zero attached hydrogens (tertiary/aromatic N) is 2. The fourth-order valence-electron chi connectivity index (χ4n) is 0.925. The van der Waals surface area contributed by atoms with E-state index in [2.05, 4.69) is 4.98 Å². The quantitative estimate of drug-likeness (QED) is 0.540. The van der Waals surface area contributed by atoms with E-state index in [9.17, 15) is 18.0 Å². The van der Waals surface area contributed by atoms with Crippen LogP contribution in [-0.4, -0.2) is 11.3 Å². The SMILES string of the molecule is N#Cc1cc(F)nc(C(F)F)c1C=O. The number of aldehydes is 1. The molecule has 6 heteroatoms. The highest BCUT2D eigenvalue weighted by molar-refractivity contribution is 5.80. The molecule has 14 heavy (non-hydrogen) atoms. The summed E-state index contributed by atoms with van der Waals surface area (Å²) in [7, 11) is 0. The van der Waals surface area contributed by atoms with Crippen molar-refractivity contribution in [2.75, 3.05) is 0 Å². The number of carbonyl (C=O) groups is 1. The molecule has 0 fully saturated rings. The van der Waals surface area contributed by atoms with Crippen molar-refractivity contribution in [3.63, 3.8) is 0 Å². The average Bonchev–Trinajstić information content (AvgIpc) is 2.16. The third-order valence-electron chi connectivity index (χ3n) is 1.50. The third kappa shape index (κ3) is 1.71. The lowest BCUT2D eigenvalue weighted by atomic mass is 10.1. The Balaban J connectivity index is 3.49. The van der Waals surface area contributed by atoms with E-state index in [1.807, 2.05) is 0 Å². The first-order chi connectivity index (χ1) is 6.60. The summed E-state index contributed by atoms with van der Waals surface area (Å²) in [6, 6.07) is 2.07. The number of carbonyl (C=O) groups excluding carboxylic acids is 1. The number of pyridine rings is 1. The number of rotatable bonds is 2. The summed E-state index contributed by atoms with van der Waals surface area (Å²) in [4.78, 5) is 13.2. The van der Waals surface area contributed by atoms with Crippen LogP contribution in [0.5, 0.6) is 0 Å². The Kier molecular flexibility index (Phi) is 2.82. The molecule has 1 aromatic heterocycles. The summed E-state index contributed by atoms with van der Waals surface area (Å²) >= 11 is 0. The first kappa shape index (κ1) is 10.2. The molecule has 0 aliphatic rings. The first-order valence-electron chi connectivity index (χ1n) is 3.44. The van der Waals surface area contributed by atoms with Gasteiger partial charge in [0, 0.05) is 6.07 Å². The van der Waals surface area contributed by atoms with Gasteiger partial charge in [-0.2, -0.15) is 9.65 Å². The summed E-state index contributed by atoms with van der Waals surface area (Å²) in [6.07, 6.45) is -3.02. The van der Waals surface area contributed by atoms with Gasteiger partial charge in [0.05, 0.1) is 11.1 Å². The molecule has 0 atom stereocenters. The molecule has 0 radical (unpaired) electrons. The van der Waals surface area contributed by atoms with E-state index in [-0.39, 0.29) is 6.29 Å². The number of nitriles is 1. The summed E-state index contributed by atoms with van der Waals surface area (Å²) in [5.74, 6) is -1.21. The van der Waals surface area contributed by atoms with Crippen LogP contribution >= 0.6 is 0 Å². The molecule has 1 rings (SSSR count). The van der Waals surface area contributed by atoms with Gasteiger partial charge in [-0.1, -0.05) is 0 Å². The molecule has 0 N–H and O–H groups in total. The second-order valence-electron chi connectivity index (χ2n) is 2.32. The lowest BCUT2D eigenvalue weighted by Crippen LogP contribution is -2.03. The number of alkyl halides is 2. The van der Waals surface area contributed by atoms with Gasteiger partial charge in [-0.3, -0.25) is 4.79 Å². The van der Waals surface area contributed by atoms with Crippen molar-refractivity contribution >= 4 is 6.29 Å². The second-order valence-corrected chi connectivity index (χ2v) is 2.32. The molecular formula is C8H3F3N2O. The van der Waals surface area contributed by atoms with Gasteiger partial charge in [0.1, 0.15) is 11.8 Å². The van der Waals surface area contributed by atoms with Gasteiger partial charge >= 0.3 is 0 Å². The van der Waals surface area contributed by atoms with Crippen LogP contribution in [0.25, 0.3) is 0 Å². The van der Waals surface area contributed by atoms with Crippen molar-refractivity contribution in [1.82, 2.24) is 4.98 Å². The van der Waals surface area contributed by atoms with E-state index >= 15 is 0 Å². The summed E-state index contributed by atoms with van der Waals surface area (Å²) in [5, 5.41) is 8.43. The minimum absolute atomic E-state index is 0.0620. The van der Waals surface area contributed by atoms with Crippen LogP contribution < -0.4 is 0 Å². The van der Waals surface area contributed by atoms with E-state index in [1.54, 1.807) is 0 Å². The van der Waals surface area contributed by atoms with Gasteiger partial charge in [0.15, 0.2) is 6.29 Å². The highest BCUT2D eigenvalue weighted by Crippen LogP contribution is 2.22. The molecule has 0 amide bonds. The summed E-state index contributed by atoms with van der Waals surface area (Å²) < 4.78 is 37.0. The average molecular weight is 200 g/mol. The molecule has 0 aliphatic carbocycles. The Morgan fingerprint density at radius 2 is 2.21 bits per heavy atom. The van der Waals surface area contributed by atoms with Gasteiger partial charge in [-0.15, -0.1) is 0 Å². The zero-order valence-electron chi connectivity index (χ0n) is 6.67. The smallest absolute Gasteiger partial charge is 0.281 e. The highest BCUT2D eigenvalue weighted by atomic mass is 19.3. The van der Waals surface area contributed by atoms with Crippen LogP contribution in [0, 0.1) is 17.3 Å². The lowest BCUT2D eigenvalue weighted by Gasteiger charge is -2.03. The molecule has 1 aromatic rings. The molecule has 0 saturated carbocycles. The molecule has 0 bridgehead atoms. The topological polar surface area (TPSA) is 53.8 Å². The van der Waals surface area contributed by atoms with Gasteiger partial charge in [0.2, 0.25) is 5.95 Å². The number of aromatic nitrogens is 1. The maximum Gasteiger partial charge on any atom is 0.281 e. The van der Waals surface area contributed by atoms with Gasteiger partial charge in [-0.25, -0.2) is 13.8 Å². The number of halogens is 3. The second kappa shape index (κ2) is 3.87. The van der Waals surface area contributed by atoms with E-state index in [1.165, 1.54) is 6.07 Å². The van der Waals surface area contributed by atoms with Gasteiger partial charge in [0.25, 0.3) is 6.43 Å². The standard InChI is InChI=1S/C8H3F3N2O/c9-6-1-4(2-12)5(3-14)7(13-6)8(10)11/h1,3,8H. The van der Waals surface area contributed by atoms with Crippen molar-refractivity contribution in [2.24, 2.45) is 0 Å². The Hall–Kier alpha value is -1.90. The van der Waals surface area contributed by atoms with Crippen LogP contribution in [0.15, 0.2) is 6.07 Å². The van der Waals surface area contributed by atoms with Crippen LogP contribution in [0.4, 0.5) is 13.2 Å². The molecule has 0 spiro atoms. The Bertz CT molecular complexity index is 412. The van der Waals surface area contributed by atoms with E-state index in [4.69, 9.17) is 5.26 Å².